The molecule has 6 heteroatoms. The highest BCUT2D eigenvalue weighted by Gasteiger charge is 2.27. The Morgan fingerprint density at radius 3 is 1.71 bits per heavy atom. The molecular weight excluding hydrogens is 186 g/mol. The van der Waals surface area contributed by atoms with Crippen LogP contribution in [0.15, 0.2) is 15.0 Å². The quantitative estimate of drug-likeness (QED) is 0.464. The fraction of sp³-hybridized carbons (Fsp3) is 0.625. The van der Waals surface area contributed by atoms with Crippen molar-refractivity contribution in [1.82, 2.24) is 0 Å². The molecule has 0 aliphatic carbocycles. The minimum absolute atomic E-state index is 0.184. The van der Waals surface area contributed by atoms with Gasteiger partial charge in [0, 0.05) is 6.42 Å². The van der Waals surface area contributed by atoms with Gasteiger partial charge in [-0.1, -0.05) is 13.3 Å². The van der Waals surface area contributed by atoms with Gasteiger partial charge in [-0.05, 0) is 6.42 Å². The summed E-state index contributed by atoms with van der Waals surface area (Å²) in [6.07, 6.45) is 5.24. The van der Waals surface area contributed by atoms with E-state index in [1.165, 1.54) is 18.2 Å². The van der Waals surface area contributed by atoms with Crippen molar-refractivity contribution in [3.8, 4) is 0 Å². The van der Waals surface area contributed by atoms with Crippen LogP contribution in [0.25, 0.3) is 0 Å². The van der Waals surface area contributed by atoms with Crippen LogP contribution in [0.1, 0.15) is 26.2 Å². The fourth-order valence-electron chi connectivity index (χ4n) is 0.876. The van der Waals surface area contributed by atoms with Crippen molar-refractivity contribution in [2.75, 3.05) is 0 Å². The minimum atomic E-state index is -1.69. The molecule has 74 valence electrons. The maximum Gasteiger partial charge on any atom is 0.277 e. The maximum atomic E-state index is 10.1. The Labute approximate surface area is 80.5 Å². The van der Waals surface area contributed by atoms with Gasteiger partial charge in [0.15, 0.2) is 0 Å². The van der Waals surface area contributed by atoms with Gasteiger partial charge in [0.05, 0.1) is 0 Å². The molecule has 0 fully saturated rings. The summed E-state index contributed by atoms with van der Waals surface area (Å²) in [5.74, 6) is -1.69. The summed E-state index contributed by atoms with van der Waals surface area (Å²) in [7, 11) is 0. The van der Waals surface area contributed by atoms with Crippen LogP contribution >= 0.6 is 0 Å². The van der Waals surface area contributed by atoms with Crippen LogP contribution in [-0.4, -0.2) is 24.0 Å². The van der Waals surface area contributed by atoms with E-state index in [1.54, 1.807) is 0 Å². The zero-order valence-electron chi connectivity index (χ0n) is 7.69. The molecular formula is C8H9N3O3. The molecule has 0 heterocycles. The zero-order valence-corrected chi connectivity index (χ0v) is 7.69. The first-order valence-electron chi connectivity index (χ1n) is 4.01. The number of aliphatic imine (C=N–C) groups is 3. The molecule has 0 aliphatic rings. The third kappa shape index (κ3) is 3.70. The van der Waals surface area contributed by atoms with Crippen molar-refractivity contribution in [1.29, 1.82) is 0 Å². The van der Waals surface area contributed by atoms with Crippen LogP contribution in [-0.2, 0) is 14.4 Å². The molecule has 0 aromatic rings. The Balaban J connectivity index is 5.01. The van der Waals surface area contributed by atoms with E-state index in [0.29, 0.717) is 6.42 Å². The second-order valence-corrected chi connectivity index (χ2v) is 2.49. The predicted octanol–water partition coefficient (Wildman–Crippen LogP) is 0.838. The van der Waals surface area contributed by atoms with Gasteiger partial charge in [0.25, 0.3) is 5.79 Å². The summed E-state index contributed by atoms with van der Waals surface area (Å²) < 4.78 is 0. The molecule has 0 unspecified atom stereocenters. The number of hydrogen-bond acceptors (Lipinski definition) is 6. The zero-order chi connectivity index (χ0) is 10.9. The lowest BCUT2D eigenvalue weighted by atomic mass is 10.1. The van der Waals surface area contributed by atoms with Gasteiger partial charge in [-0.25, -0.2) is 14.4 Å². The van der Waals surface area contributed by atoms with E-state index in [2.05, 4.69) is 15.0 Å². The topological polar surface area (TPSA) is 88.3 Å². The number of unbranched alkanes of at least 4 members (excludes halogenated alkanes) is 1. The molecule has 14 heavy (non-hydrogen) atoms. The van der Waals surface area contributed by atoms with Crippen LogP contribution in [0.2, 0.25) is 0 Å². The first-order valence-corrected chi connectivity index (χ1v) is 4.01. The van der Waals surface area contributed by atoms with Crippen LogP contribution in [0, 0.1) is 0 Å². The normalized spacial score (nSPS) is 12.6. The van der Waals surface area contributed by atoms with E-state index in [-0.39, 0.29) is 6.42 Å². The number of nitrogens with zero attached hydrogens (tertiary/aromatic N) is 3. The summed E-state index contributed by atoms with van der Waals surface area (Å²) in [5, 5.41) is 0. The van der Waals surface area contributed by atoms with E-state index in [9.17, 15) is 14.4 Å². The van der Waals surface area contributed by atoms with Crippen molar-refractivity contribution < 1.29 is 14.4 Å². The Morgan fingerprint density at radius 2 is 1.43 bits per heavy atom. The summed E-state index contributed by atoms with van der Waals surface area (Å²) in [5.41, 5.74) is 0. The highest BCUT2D eigenvalue weighted by molar-refractivity contribution is 5.42. The van der Waals surface area contributed by atoms with Crippen molar-refractivity contribution in [3.05, 3.63) is 0 Å². The second kappa shape index (κ2) is 6.63. The number of hydrogen-bond donors (Lipinski definition) is 0. The van der Waals surface area contributed by atoms with Crippen molar-refractivity contribution in [2.24, 2.45) is 15.0 Å². The molecule has 0 aromatic heterocycles. The van der Waals surface area contributed by atoms with Gasteiger partial charge in [-0.2, -0.15) is 15.0 Å². The van der Waals surface area contributed by atoms with Gasteiger partial charge >= 0.3 is 0 Å². The second-order valence-electron chi connectivity index (χ2n) is 2.49. The number of isocyanates is 3. The standard InChI is InChI=1S/C8H9N3O3/c1-2-3-4-8(9-5-12,10-6-13)11-7-14/h2-4H2,1H3. The van der Waals surface area contributed by atoms with E-state index in [1.807, 2.05) is 6.92 Å². The highest BCUT2D eigenvalue weighted by atomic mass is 16.1. The monoisotopic (exact) mass is 195 g/mol. The third-order valence-corrected chi connectivity index (χ3v) is 1.54. The molecule has 0 spiro atoms. The third-order valence-electron chi connectivity index (χ3n) is 1.54. The van der Waals surface area contributed by atoms with Gasteiger partial charge < -0.3 is 0 Å². The average molecular weight is 195 g/mol. The molecule has 0 amide bonds. The minimum Gasteiger partial charge on any atom is -0.211 e. The van der Waals surface area contributed by atoms with Crippen molar-refractivity contribution in [2.45, 2.75) is 32.0 Å². The summed E-state index contributed by atoms with van der Waals surface area (Å²) in [6.45, 7) is 1.89. The lowest BCUT2D eigenvalue weighted by Crippen LogP contribution is -2.20. The van der Waals surface area contributed by atoms with Crippen LogP contribution in [0.4, 0.5) is 0 Å². The molecule has 0 radical (unpaired) electrons. The number of carbonyl (C=O) groups excluding carboxylic acids is 3. The molecule has 0 N–H and O–H groups in total. The van der Waals surface area contributed by atoms with Crippen molar-refractivity contribution in [3.63, 3.8) is 0 Å². The molecule has 0 bridgehead atoms. The first-order chi connectivity index (χ1) is 6.74. The largest absolute Gasteiger partial charge is 0.277 e. The van der Waals surface area contributed by atoms with Gasteiger partial charge in [-0.3, -0.25) is 0 Å². The Hall–Kier alpha value is -1.86. The van der Waals surface area contributed by atoms with Crippen LogP contribution < -0.4 is 0 Å². The smallest absolute Gasteiger partial charge is 0.211 e. The predicted molar refractivity (Wildman–Crippen MR) is 46.6 cm³/mol. The van der Waals surface area contributed by atoms with Gasteiger partial charge in [-0.15, -0.1) is 0 Å². The summed E-state index contributed by atoms with van der Waals surface area (Å²) in [4.78, 5) is 39.8. The SMILES string of the molecule is CCCCC(N=C=O)(N=C=O)N=C=O. The lowest BCUT2D eigenvalue weighted by Gasteiger charge is -2.13. The average Bonchev–Trinajstić information content (AvgIpc) is 2.16. The van der Waals surface area contributed by atoms with E-state index < -0.39 is 5.79 Å². The van der Waals surface area contributed by atoms with E-state index >= 15 is 0 Å². The van der Waals surface area contributed by atoms with E-state index in [0.717, 1.165) is 6.42 Å². The fourth-order valence-corrected chi connectivity index (χ4v) is 0.876. The molecule has 0 saturated carbocycles. The molecule has 0 atom stereocenters. The molecule has 0 aromatic carbocycles. The first kappa shape index (κ1) is 12.1. The van der Waals surface area contributed by atoms with Crippen LogP contribution in [0.5, 0.6) is 0 Å². The molecule has 0 aliphatic heterocycles. The van der Waals surface area contributed by atoms with E-state index in [4.69, 9.17) is 0 Å². The molecule has 0 rings (SSSR count). The Kier molecular flexibility index (Phi) is 5.75. The van der Waals surface area contributed by atoms with Gasteiger partial charge in [0.2, 0.25) is 18.2 Å². The lowest BCUT2D eigenvalue weighted by molar-refractivity contribution is 0.406. The summed E-state index contributed by atoms with van der Waals surface area (Å²) in [6, 6.07) is 0. The number of rotatable bonds is 6. The highest BCUT2D eigenvalue weighted by Crippen LogP contribution is 2.21. The molecule has 0 saturated heterocycles. The maximum absolute atomic E-state index is 10.1. The Bertz CT molecular complexity index is 275. The van der Waals surface area contributed by atoms with Crippen molar-refractivity contribution >= 4 is 18.2 Å². The Morgan fingerprint density at radius 1 is 1.00 bits per heavy atom. The molecule has 6 nitrogen and oxygen atoms in total. The summed E-state index contributed by atoms with van der Waals surface area (Å²) >= 11 is 0. The van der Waals surface area contributed by atoms with Gasteiger partial charge in [0.1, 0.15) is 0 Å². The van der Waals surface area contributed by atoms with Crippen LogP contribution in [0.3, 0.4) is 0 Å².